The number of rotatable bonds is 7. The van der Waals surface area contributed by atoms with Crippen LogP contribution in [0, 0.1) is 29.4 Å². The number of ether oxygens (including phenoxy) is 1. The van der Waals surface area contributed by atoms with Crippen LogP contribution >= 0.6 is 0 Å². The van der Waals surface area contributed by atoms with E-state index in [2.05, 4.69) is 26.9 Å². The second-order valence-electron chi connectivity index (χ2n) is 8.85. The molecule has 0 spiro atoms. The first-order valence-corrected chi connectivity index (χ1v) is 11.4. The maximum atomic E-state index is 13.3. The highest BCUT2D eigenvalue weighted by Gasteiger charge is 2.30. The van der Waals surface area contributed by atoms with Crippen LogP contribution in [0.2, 0.25) is 0 Å². The topological polar surface area (TPSA) is 132 Å². The highest BCUT2D eigenvalue weighted by molar-refractivity contribution is 5.91. The minimum atomic E-state index is -1.04. The zero-order valence-electron chi connectivity index (χ0n) is 19.2. The van der Waals surface area contributed by atoms with Gasteiger partial charge in [0, 0.05) is 23.9 Å². The van der Waals surface area contributed by atoms with Crippen LogP contribution < -0.4 is 16.4 Å². The molecule has 186 valence electrons. The fourth-order valence-corrected chi connectivity index (χ4v) is 4.58. The van der Waals surface area contributed by atoms with Gasteiger partial charge in [-0.15, -0.1) is 5.10 Å². The summed E-state index contributed by atoms with van der Waals surface area (Å²) in [5, 5.41) is 12.7. The predicted molar refractivity (Wildman–Crippen MR) is 122 cm³/mol. The van der Waals surface area contributed by atoms with E-state index in [1.54, 1.807) is 6.08 Å². The average molecular weight is 488 g/mol. The summed E-state index contributed by atoms with van der Waals surface area (Å²) in [4.78, 5) is 24.1. The van der Waals surface area contributed by atoms with Crippen LogP contribution in [0.15, 0.2) is 46.2 Å². The molecule has 1 amide bonds. The van der Waals surface area contributed by atoms with Crippen molar-refractivity contribution < 1.29 is 27.5 Å². The lowest BCUT2D eigenvalue weighted by Gasteiger charge is -2.34. The van der Waals surface area contributed by atoms with Gasteiger partial charge in [0.2, 0.25) is 0 Å². The predicted octanol–water partition coefficient (Wildman–Crippen LogP) is 3.94. The molecule has 11 heteroatoms. The van der Waals surface area contributed by atoms with Gasteiger partial charge >= 0.3 is 23.8 Å². The van der Waals surface area contributed by atoms with Crippen LogP contribution in [0.5, 0.6) is 0 Å². The van der Waals surface area contributed by atoms with E-state index >= 15 is 0 Å². The zero-order chi connectivity index (χ0) is 24.9. The highest BCUT2D eigenvalue weighted by atomic mass is 19.2. The van der Waals surface area contributed by atoms with E-state index < -0.39 is 17.5 Å². The second kappa shape index (κ2) is 10.7. The number of methoxy groups -OCH3 is 1. The molecule has 1 aromatic carbocycles. The van der Waals surface area contributed by atoms with E-state index in [0.717, 1.165) is 37.8 Å². The number of allylic oxidation sites excluding steroid dienone is 3. The molecule has 4 N–H and O–H groups in total. The molecule has 1 fully saturated rings. The molecule has 1 unspecified atom stereocenters. The molecule has 0 radical (unpaired) electrons. The van der Waals surface area contributed by atoms with Crippen molar-refractivity contribution >= 4 is 23.6 Å². The maximum absolute atomic E-state index is 13.3. The Morgan fingerprint density at radius 2 is 1.94 bits per heavy atom. The average Bonchev–Trinajstić information content (AvgIpc) is 3.32. The van der Waals surface area contributed by atoms with E-state index in [0.29, 0.717) is 36.1 Å². The van der Waals surface area contributed by atoms with Crippen molar-refractivity contribution in [3.05, 3.63) is 59.3 Å². The third-order valence-corrected chi connectivity index (χ3v) is 6.53. The third kappa shape index (κ3) is 6.03. The van der Waals surface area contributed by atoms with Crippen molar-refractivity contribution in [1.29, 1.82) is 0 Å². The number of nitrogens with zero attached hydrogens (tertiary/aromatic N) is 2. The minimum absolute atomic E-state index is 0.148. The third-order valence-electron chi connectivity index (χ3n) is 6.53. The summed E-state index contributed by atoms with van der Waals surface area (Å²) in [6.45, 7) is 0. The molecule has 35 heavy (non-hydrogen) atoms. The molecule has 9 nitrogen and oxygen atoms in total. The van der Waals surface area contributed by atoms with Crippen molar-refractivity contribution in [1.82, 2.24) is 15.5 Å². The van der Waals surface area contributed by atoms with Gasteiger partial charge in [-0.25, -0.2) is 8.78 Å². The van der Waals surface area contributed by atoms with Gasteiger partial charge in [-0.3, -0.25) is 9.59 Å². The molecule has 0 aliphatic heterocycles. The second-order valence-corrected chi connectivity index (χ2v) is 8.85. The van der Waals surface area contributed by atoms with Crippen molar-refractivity contribution in [3.63, 3.8) is 0 Å². The van der Waals surface area contributed by atoms with Gasteiger partial charge in [0.25, 0.3) is 0 Å². The molecule has 0 saturated heterocycles. The standard InChI is InChI=1S/C24H27F2N5O4/c1-34-21(32)10-13-2-4-14(5-3-13)15-6-9-20(19(27)11-15)29-22(33)23-30-31-24(35-23)28-16-7-8-17(25)18(26)12-16/h6-9,12-15H,2-5,10-11,27H2,1H3,(H,28,31)(H,29,33)/t13-,14-,15?. The highest BCUT2D eigenvalue weighted by Crippen LogP contribution is 2.39. The van der Waals surface area contributed by atoms with Crippen LogP contribution in [-0.4, -0.2) is 29.2 Å². The Kier molecular flexibility index (Phi) is 7.42. The van der Waals surface area contributed by atoms with Crippen LogP contribution in [0.4, 0.5) is 20.5 Å². The summed E-state index contributed by atoms with van der Waals surface area (Å²) < 4.78 is 36.5. The number of carbonyl (C=O) groups excluding carboxylic acids is 2. The van der Waals surface area contributed by atoms with Crippen LogP contribution in [0.3, 0.4) is 0 Å². The number of nitrogens with two attached hydrogens (primary N) is 1. The van der Waals surface area contributed by atoms with E-state index in [-0.39, 0.29) is 29.5 Å². The van der Waals surface area contributed by atoms with Gasteiger partial charge in [-0.1, -0.05) is 11.2 Å². The van der Waals surface area contributed by atoms with E-state index in [4.69, 9.17) is 14.9 Å². The number of anilines is 2. The molecule has 4 rings (SSSR count). The molecule has 2 aromatic rings. The van der Waals surface area contributed by atoms with Crippen molar-refractivity contribution in [2.75, 3.05) is 12.4 Å². The summed E-state index contributed by atoms with van der Waals surface area (Å²) in [6.07, 6.45) is 8.92. The fourth-order valence-electron chi connectivity index (χ4n) is 4.58. The van der Waals surface area contributed by atoms with Gasteiger partial charge in [-0.2, -0.15) is 0 Å². The van der Waals surface area contributed by atoms with Gasteiger partial charge in [0.05, 0.1) is 12.8 Å². The van der Waals surface area contributed by atoms with E-state index in [1.165, 1.54) is 13.2 Å². The Morgan fingerprint density at radius 1 is 1.17 bits per heavy atom. The van der Waals surface area contributed by atoms with Crippen molar-refractivity contribution in [2.45, 2.75) is 38.5 Å². The van der Waals surface area contributed by atoms with Gasteiger partial charge < -0.3 is 25.5 Å². The molecule has 1 aromatic heterocycles. The van der Waals surface area contributed by atoms with Crippen molar-refractivity contribution in [2.24, 2.45) is 23.5 Å². The molecule has 2 aliphatic rings. The van der Waals surface area contributed by atoms with E-state index in [9.17, 15) is 18.4 Å². The molecule has 1 saturated carbocycles. The number of carbonyl (C=O) groups is 2. The fraction of sp³-hybridized carbons (Fsp3) is 0.417. The Labute approximate surface area is 200 Å². The lowest BCUT2D eigenvalue weighted by Crippen LogP contribution is -2.30. The van der Waals surface area contributed by atoms with Crippen LogP contribution in [0.1, 0.15) is 49.2 Å². The first kappa shape index (κ1) is 24.4. The monoisotopic (exact) mass is 487 g/mol. The molecule has 0 bridgehead atoms. The number of benzene rings is 1. The summed E-state index contributed by atoms with van der Waals surface area (Å²) in [5.41, 5.74) is 7.47. The van der Waals surface area contributed by atoms with E-state index in [1.807, 2.05) is 0 Å². The SMILES string of the molecule is COC(=O)C[C@H]1CC[C@H](C2C=CC(NC(=O)c3nnc(Nc4ccc(F)c(F)c4)o3)=C(N)C2)CC1. The minimum Gasteiger partial charge on any atom is -0.469 e. The van der Waals surface area contributed by atoms with Gasteiger partial charge in [0.1, 0.15) is 0 Å². The summed E-state index contributed by atoms with van der Waals surface area (Å²) >= 11 is 0. The van der Waals surface area contributed by atoms with Crippen molar-refractivity contribution in [3.8, 4) is 0 Å². The normalized spacial score (nSPS) is 22.1. The maximum Gasteiger partial charge on any atom is 0.320 e. The van der Waals surface area contributed by atoms with Crippen LogP contribution in [-0.2, 0) is 9.53 Å². The smallest absolute Gasteiger partial charge is 0.320 e. The van der Waals surface area contributed by atoms with Gasteiger partial charge in [-0.05, 0) is 68.1 Å². The van der Waals surface area contributed by atoms with Crippen LogP contribution in [0.25, 0.3) is 0 Å². The number of amides is 1. The first-order valence-electron chi connectivity index (χ1n) is 11.4. The summed E-state index contributed by atoms with van der Waals surface area (Å²) in [6, 6.07) is 3.03. The Balaban J connectivity index is 1.30. The number of esters is 1. The Hall–Kier alpha value is -3.76. The summed E-state index contributed by atoms with van der Waals surface area (Å²) in [5.74, 6) is -2.03. The quantitative estimate of drug-likeness (QED) is 0.501. The number of aromatic nitrogens is 2. The number of nitrogens with one attached hydrogen (secondary N) is 2. The first-order chi connectivity index (χ1) is 16.8. The number of hydrogen-bond acceptors (Lipinski definition) is 8. The summed E-state index contributed by atoms with van der Waals surface area (Å²) in [7, 11) is 1.41. The lowest BCUT2D eigenvalue weighted by atomic mass is 9.72. The number of halogens is 2. The molecular formula is C24H27F2N5O4. The zero-order valence-corrected chi connectivity index (χ0v) is 19.2. The lowest BCUT2D eigenvalue weighted by molar-refractivity contribution is -0.142. The van der Waals surface area contributed by atoms with Gasteiger partial charge in [0.15, 0.2) is 11.6 Å². The Bertz CT molecular complexity index is 1150. The molecule has 1 heterocycles. The molecule has 1 atom stereocenters. The number of hydrogen-bond donors (Lipinski definition) is 3. The molecule has 2 aliphatic carbocycles. The molecular weight excluding hydrogens is 460 g/mol. The largest absolute Gasteiger partial charge is 0.469 e. The Morgan fingerprint density at radius 3 is 2.63 bits per heavy atom.